The Morgan fingerprint density at radius 2 is 2.28 bits per heavy atom. The Balaban J connectivity index is 2.19. The lowest BCUT2D eigenvalue weighted by Gasteiger charge is -2.06. The molecule has 0 saturated carbocycles. The molecule has 0 aliphatic rings. The molecule has 2 aromatic heterocycles. The van der Waals surface area contributed by atoms with Gasteiger partial charge in [-0.3, -0.25) is 4.79 Å². The van der Waals surface area contributed by atoms with Crippen LogP contribution in [0.1, 0.15) is 17.4 Å². The second-order valence-corrected chi connectivity index (χ2v) is 4.03. The molecule has 94 valence electrons. The number of nitrogens with zero attached hydrogens (tertiary/aromatic N) is 3. The van der Waals surface area contributed by atoms with Crippen LogP contribution in [0.2, 0.25) is 5.15 Å². The molecule has 2 heterocycles. The number of amides is 1. The van der Waals surface area contributed by atoms with Crippen molar-refractivity contribution >= 4 is 29.0 Å². The maximum absolute atomic E-state index is 12.0. The molecule has 7 heteroatoms. The summed E-state index contributed by atoms with van der Waals surface area (Å²) in [5.74, 6) is 0.0528. The molecule has 0 aliphatic carbocycles. The molecule has 2 aromatic rings. The van der Waals surface area contributed by atoms with Crippen molar-refractivity contribution in [1.82, 2.24) is 14.8 Å². The van der Waals surface area contributed by atoms with Crippen LogP contribution in [0.3, 0.4) is 0 Å². The fourth-order valence-corrected chi connectivity index (χ4v) is 1.65. The van der Waals surface area contributed by atoms with E-state index in [1.807, 2.05) is 6.92 Å². The van der Waals surface area contributed by atoms with Crippen molar-refractivity contribution in [2.24, 2.45) is 0 Å². The van der Waals surface area contributed by atoms with E-state index in [2.05, 4.69) is 15.5 Å². The maximum atomic E-state index is 12.0. The molecule has 0 spiro atoms. The van der Waals surface area contributed by atoms with Crippen molar-refractivity contribution in [2.45, 2.75) is 13.5 Å². The monoisotopic (exact) mass is 265 g/mol. The van der Waals surface area contributed by atoms with Gasteiger partial charge >= 0.3 is 0 Å². The van der Waals surface area contributed by atoms with E-state index in [0.717, 1.165) is 0 Å². The molecule has 0 aromatic carbocycles. The molecule has 0 unspecified atom stereocenters. The van der Waals surface area contributed by atoms with Gasteiger partial charge in [-0.15, -0.1) is 10.2 Å². The van der Waals surface area contributed by atoms with E-state index in [1.165, 1.54) is 0 Å². The maximum Gasteiger partial charge on any atom is 0.273 e. The van der Waals surface area contributed by atoms with Crippen molar-refractivity contribution in [3.05, 3.63) is 35.2 Å². The molecule has 6 nitrogen and oxygen atoms in total. The van der Waals surface area contributed by atoms with E-state index >= 15 is 0 Å². The Labute approximate surface area is 109 Å². The van der Waals surface area contributed by atoms with Crippen molar-refractivity contribution < 1.29 is 4.79 Å². The molecule has 0 saturated heterocycles. The zero-order valence-electron chi connectivity index (χ0n) is 9.72. The van der Waals surface area contributed by atoms with E-state index in [0.29, 0.717) is 23.7 Å². The molecule has 18 heavy (non-hydrogen) atoms. The van der Waals surface area contributed by atoms with Crippen molar-refractivity contribution in [3.63, 3.8) is 0 Å². The summed E-state index contributed by atoms with van der Waals surface area (Å²) in [4.78, 5) is 12.0. The molecular weight excluding hydrogens is 254 g/mol. The van der Waals surface area contributed by atoms with Gasteiger partial charge in [-0.2, -0.15) is 0 Å². The van der Waals surface area contributed by atoms with Crippen molar-refractivity contribution in [2.75, 3.05) is 11.1 Å². The lowest BCUT2D eigenvalue weighted by molar-refractivity contribution is 0.101. The van der Waals surface area contributed by atoms with Crippen molar-refractivity contribution in [3.8, 4) is 0 Å². The second kappa shape index (κ2) is 5.05. The fourth-order valence-electron chi connectivity index (χ4n) is 1.55. The Morgan fingerprint density at radius 1 is 1.50 bits per heavy atom. The molecule has 2 rings (SSSR count). The number of aryl methyl sites for hydroxylation is 1. The van der Waals surface area contributed by atoms with Gasteiger partial charge in [0.1, 0.15) is 5.69 Å². The number of nitrogen functional groups attached to an aromatic ring is 1. The second-order valence-electron chi connectivity index (χ2n) is 3.64. The summed E-state index contributed by atoms with van der Waals surface area (Å²) in [6.45, 7) is 2.59. The summed E-state index contributed by atoms with van der Waals surface area (Å²) < 4.78 is 1.76. The third-order valence-electron chi connectivity index (χ3n) is 2.36. The molecule has 0 radical (unpaired) electrons. The highest BCUT2D eigenvalue weighted by Gasteiger charge is 2.12. The molecule has 0 fully saturated rings. The minimum absolute atomic E-state index is 0.272. The summed E-state index contributed by atoms with van der Waals surface area (Å²) >= 11 is 5.61. The van der Waals surface area contributed by atoms with Gasteiger partial charge in [0.05, 0.1) is 5.69 Å². The minimum Gasteiger partial charge on any atom is -0.397 e. The summed E-state index contributed by atoms with van der Waals surface area (Å²) in [6.07, 6.45) is 1.71. The predicted molar refractivity (Wildman–Crippen MR) is 69.5 cm³/mol. The summed E-state index contributed by atoms with van der Waals surface area (Å²) in [7, 11) is 0. The Kier molecular flexibility index (Phi) is 3.47. The van der Waals surface area contributed by atoms with Crippen LogP contribution >= 0.6 is 11.6 Å². The van der Waals surface area contributed by atoms with Gasteiger partial charge in [0, 0.05) is 12.7 Å². The van der Waals surface area contributed by atoms with Crippen LogP contribution < -0.4 is 11.1 Å². The van der Waals surface area contributed by atoms with Crippen molar-refractivity contribution in [1.29, 1.82) is 0 Å². The first-order valence-corrected chi connectivity index (χ1v) is 5.74. The first-order chi connectivity index (χ1) is 8.60. The lowest BCUT2D eigenvalue weighted by Crippen LogP contribution is -2.17. The van der Waals surface area contributed by atoms with E-state index < -0.39 is 0 Å². The number of carbonyl (C=O) groups excluding carboxylic acids is 1. The zero-order chi connectivity index (χ0) is 13.1. The van der Waals surface area contributed by atoms with E-state index in [4.69, 9.17) is 17.3 Å². The smallest absolute Gasteiger partial charge is 0.273 e. The number of nitrogens with two attached hydrogens (primary N) is 1. The third-order valence-corrected chi connectivity index (χ3v) is 2.57. The molecule has 0 atom stereocenters. The van der Waals surface area contributed by atoms with Crippen LogP contribution in [0.15, 0.2) is 24.4 Å². The van der Waals surface area contributed by atoms with Gasteiger partial charge in [0.15, 0.2) is 11.0 Å². The molecule has 0 aliphatic heterocycles. The van der Waals surface area contributed by atoms with Gasteiger partial charge in [0.2, 0.25) is 0 Å². The summed E-state index contributed by atoms with van der Waals surface area (Å²) in [5.41, 5.74) is 6.68. The van der Waals surface area contributed by atoms with Crippen LogP contribution in [-0.2, 0) is 6.54 Å². The van der Waals surface area contributed by atoms with Crippen LogP contribution in [0, 0.1) is 0 Å². The number of anilines is 2. The number of rotatable bonds is 3. The average molecular weight is 266 g/mol. The predicted octanol–water partition coefficient (Wildman–Crippen LogP) is 1.79. The number of nitrogens with one attached hydrogen (secondary N) is 1. The van der Waals surface area contributed by atoms with Crippen LogP contribution in [0.5, 0.6) is 0 Å². The summed E-state index contributed by atoms with van der Waals surface area (Å²) in [5, 5.41) is 10.3. The average Bonchev–Trinajstić information content (AvgIpc) is 2.73. The SMILES string of the molecule is CCn1cc(N)cc1C(=O)Nc1ccc(Cl)nn1. The van der Waals surface area contributed by atoms with E-state index in [-0.39, 0.29) is 11.1 Å². The first kappa shape index (κ1) is 12.4. The molecular formula is C11H12ClN5O. The number of hydrogen-bond acceptors (Lipinski definition) is 4. The number of aromatic nitrogens is 3. The lowest BCUT2D eigenvalue weighted by atomic mass is 10.3. The minimum atomic E-state index is -0.287. The van der Waals surface area contributed by atoms with E-state index in [9.17, 15) is 4.79 Å². The van der Waals surface area contributed by atoms with Gasteiger partial charge in [-0.25, -0.2) is 0 Å². The van der Waals surface area contributed by atoms with E-state index in [1.54, 1.807) is 29.0 Å². The Bertz CT molecular complexity index is 563. The van der Waals surface area contributed by atoms with Crippen LogP contribution in [0.4, 0.5) is 11.5 Å². The van der Waals surface area contributed by atoms with Gasteiger partial charge in [0.25, 0.3) is 5.91 Å². The highest BCUT2D eigenvalue weighted by atomic mass is 35.5. The third kappa shape index (κ3) is 2.60. The highest BCUT2D eigenvalue weighted by Crippen LogP contribution is 2.13. The summed E-state index contributed by atoms with van der Waals surface area (Å²) in [6, 6.07) is 4.75. The largest absolute Gasteiger partial charge is 0.397 e. The van der Waals surface area contributed by atoms with Gasteiger partial charge < -0.3 is 15.6 Å². The standard InChI is InChI=1S/C11H12ClN5O/c1-2-17-6-7(13)5-8(17)11(18)14-10-4-3-9(12)15-16-10/h3-6H,2,13H2,1H3,(H,14,16,18). The molecule has 1 amide bonds. The Hall–Kier alpha value is -2.08. The quantitative estimate of drug-likeness (QED) is 0.886. The number of halogens is 1. The number of carbonyl (C=O) groups is 1. The number of hydrogen-bond donors (Lipinski definition) is 2. The fraction of sp³-hybridized carbons (Fsp3) is 0.182. The highest BCUT2D eigenvalue weighted by molar-refractivity contribution is 6.29. The molecule has 0 bridgehead atoms. The molecule has 3 N–H and O–H groups in total. The first-order valence-electron chi connectivity index (χ1n) is 5.36. The normalized spacial score (nSPS) is 10.3. The van der Waals surface area contributed by atoms with Crippen LogP contribution in [0.25, 0.3) is 0 Å². The zero-order valence-corrected chi connectivity index (χ0v) is 10.5. The van der Waals surface area contributed by atoms with Crippen LogP contribution in [-0.4, -0.2) is 20.7 Å². The Morgan fingerprint density at radius 3 is 2.89 bits per heavy atom. The van der Waals surface area contributed by atoms with Gasteiger partial charge in [-0.1, -0.05) is 11.6 Å². The topological polar surface area (TPSA) is 85.8 Å². The van der Waals surface area contributed by atoms with Gasteiger partial charge in [-0.05, 0) is 25.1 Å².